The number of para-hydroxylation sites is 1. The Balaban J connectivity index is 1.75. The van der Waals surface area contributed by atoms with E-state index in [1.54, 1.807) is 4.90 Å². The van der Waals surface area contributed by atoms with Crippen molar-refractivity contribution in [2.75, 3.05) is 26.2 Å². The van der Waals surface area contributed by atoms with Crippen LogP contribution in [0.1, 0.15) is 18.9 Å². The molecule has 1 atom stereocenters. The zero-order chi connectivity index (χ0) is 15.9. The molecule has 0 fully saturated rings. The maximum atomic E-state index is 11.9. The second-order valence-electron chi connectivity index (χ2n) is 5.46. The second-order valence-corrected chi connectivity index (χ2v) is 5.46. The van der Waals surface area contributed by atoms with Crippen molar-refractivity contribution in [1.29, 1.82) is 0 Å². The number of fused-ring (bicyclic) bond motifs is 1. The Morgan fingerprint density at radius 1 is 1.36 bits per heavy atom. The van der Waals surface area contributed by atoms with Gasteiger partial charge in [0.05, 0.1) is 19.6 Å². The van der Waals surface area contributed by atoms with Crippen LogP contribution in [0, 0.1) is 0 Å². The Labute approximate surface area is 130 Å². The molecule has 1 aromatic carbocycles. The average Bonchev–Trinajstić information content (AvgIpc) is 2.87. The maximum absolute atomic E-state index is 11.9. The lowest BCUT2D eigenvalue weighted by molar-refractivity contribution is -0.138. The van der Waals surface area contributed by atoms with Gasteiger partial charge in [0.1, 0.15) is 11.9 Å². The van der Waals surface area contributed by atoms with Crippen molar-refractivity contribution < 1.29 is 19.4 Å². The molecule has 1 aromatic rings. The Kier molecular flexibility index (Phi) is 5.77. The molecule has 120 valence electrons. The largest absolute Gasteiger partial charge is 0.488 e. The molecule has 0 bridgehead atoms. The summed E-state index contributed by atoms with van der Waals surface area (Å²) in [6.45, 7) is 2.95. The van der Waals surface area contributed by atoms with Crippen molar-refractivity contribution in [3.8, 4) is 5.75 Å². The lowest BCUT2D eigenvalue weighted by atomic mass is 10.1. The molecule has 0 radical (unpaired) electrons. The van der Waals surface area contributed by atoms with Crippen molar-refractivity contribution in [1.82, 2.24) is 10.2 Å². The predicted molar refractivity (Wildman–Crippen MR) is 81.9 cm³/mol. The van der Waals surface area contributed by atoms with Gasteiger partial charge in [-0.15, -0.1) is 0 Å². The molecule has 1 amide bonds. The van der Waals surface area contributed by atoms with Crippen LogP contribution in [0.4, 0.5) is 0 Å². The van der Waals surface area contributed by atoms with Crippen LogP contribution in [0.2, 0.25) is 0 Å². The Bertz CT molecular complexity index is 508. The van der Waals surface area contributed by atoms with Crippen LogP contribution in [-0.2, 0) is 16.0 Å². The van der Waals surface area contributed by atoms with Crippen molar-refractivity contribution >= 4 is 11.9 Å². The highest BCUT2D eigenvalue weighted by Gasteiger charge is 2.23. The van der Waals surface area contributed by atoms with Crippen molar-refractivity contribution in [3.63, 3.8) is 0 Å². The topological polar surface area (TPSA) is 78.9 Å². The molecule has 0 saturated heterocycles. The lowest BCUT2D eigenvalue weighted by Crippen LogP contribution is -2.43. The molecule has 22 heavy (non-hydrogen) atoms. The number of carbonyl (C=O) groups excluding carboxylic acids is 1. The number of ether oxygens (including phenoxy) is 1. The van der Waals surface area contributed by atoms with Crippen LogP contribution >= 0.6 is 0 Å². The van der Waals surface area contributed by atoms with Crippen LogP contribution in [0.5, 0.6) is 5.75 Å². The minimum atomic E-state index is -0.921. The summed E-state index contributed by atoms with van der Waals surface area (Å²) in [6, 6.07) is 7.84. The van der Waals surface area contributed by atoms with Gasteiger partial charge in [-0.3, -0.25) is 14.5 Å². The van der Waals surface area contributed by atoms with Gasteiger partial charge in [0, 0.05) is 6.42 Å². The molecule has 6 heteroatoms. The van der Waals surface area contributed by atoms with Gasteiger partial charge in [-0.25, -0.2) is 0 Å². The molecule has 1 aliphatic rings. The number of benzene rings is 1. The molecule has 6 nitrogen and oxygen atoms in total. The van der Waals surface area contributed by atoms with Gasteiger partial charge >= 0.3 is 5.97 Å². The fourth-order valence-corrected chi connectivity index (χ4v) is 2.58. The molecular formula is C16H22N2O4. The molecule has 0 aromatic heterocycles. The standard InChI is InChI=1S/C16H22N2O4/c1-2-7-18(11-16(20)21)10-15(19)17-9-13-8-12-5-3-4-6-14(12)22-13/h3-6,13H,2,7-11H2,1H3,(H,17,19)(H,20,21). The number of carbonyl (C=O) groups is 2. The zero-order valence-corrected chi connectivity index (χ0v) is 12.7. The molecule has 2 rings (SSSR count). The normalized spacial score (nSPS) is 16.2. The Morgan fingerprint density at radius 3 is 2.82 bits per heavy atom. The summed E-state index contributed by atoms with van der Waals surface area (Å²) < 4.78 is 5.75. The number of nitrogens with zero attached hydrogens (tertiary/aromatic N) is 1. The summed E-state index contributed by atoms with van der Waals surface area (Å²) in [5, 5.41) is 11.7. The smallest absolute Gasteiger partial charge is 0.317 e. The third kappa shape index (κ3) is 4.73. The first-order chi connectivity index (χ1) is 10.6. The highest BCUT2D eigenvalue weighted by atomic mass is 16.5. The van der Waals surface area contributed by atoms with Crippen LogP contribution in [-0.4, -0.2) is 54.2 Å². The van der Waals surface area contributed by atoms with E-state index < -0.39 is 5.97 Å². The first-order valence-corrected chi connectivity index (χ1v) is 7.54. The molecule has 0 aliphatic carbocycles. The van der Waals surface area contributed by atoms with E-state index in [9.17, 15) is 9.59 Å². The Morgan fingerprint density at radius 2 is 2.14 bits per heavy atom. The van der Waals surface area contributed by atoms with Crippen molar-refractivity contribution in [2.45, 2.75) is 25.9 Å². The molecule has 1 unspecified atom stereocenters. The van der Waals surface area contributed by atoms with E-state index in [-0.39, 0.29) is 25.1 Å². The van der Waals surface area contributed by atoms with Gasteiger partial charge in [0.2, 0.25) is 5.91 Å². The van der Waals surface area contributed by atoms with Gasteiger partial charge in [0.25, 0.3) is 0 Å². The number of hydrogen-bond acceptors (Lipinski definition) is 4. The van der Waals surface area contributed by atoms with E-state index in [0.717, 1.165) is 24.2 Å². The van der Waals surface area contributed by atoms with Crippen LogP contribution < -0.4 is 10.1 Å². The van der Waals surface area contributed by atoms with Crippen LogP contribution in [0.15, 0.2) is 24.3 Å². The summed E-state index contributed by atoms with van der Waals surface area (Å²) in [5.41, 5.74) is 1.15. The van der Waals surface area contributed by atoms with Gasteiger partial charge < -0.3 is 15.2 Å². The molecule has 1 heterocycles. The van der Waals surface area contributed by atoms with E-state index in [2.05, 4.69) is 5.32 Å². The van der Waals surface area contributed by atoms with Crippen molar-refractivity contribution in [3.05, 3.63) is 29.8 Å². The number of carboxylic acids is 1. The zero-order valence-electron chi connectivity index (χ0n) is 12.7. The SMILES string of the molecule is CCCN(CC(=O)O)CC(=O)NCC1Cc2ccccc2O1. The molecule has 1 aliphatic heterocycles. The highest BCUT2D eigenvalue weighted by molar-refractivity contribution is 5.79. The summed E-state index contributed by atoms with van der Waals surface area (Å²) in [5.74, 6) is -0.217. The Hall–Kier alpha value is -2.08. The summed E-state index contributed by atoms with van der Waals surface area (Å²) >= 11 is 0. The van der Waals surface area contributed by atoms with Crippen LogP contribution in [0.3, 0.4) is 0 Å². The summed E-state index contributed by atoms with van der Waals surface area (Å²) in [6.07, 6.45) is 1.53. The number of carboxylic acid groups (broad SMARTS) is 1. The van der Waals surface area contributed by atoms with Gasteiger partial charge in [-0.2, -0.15) is 0 Å². The summed E-state index contributed by atoms with van der Waals surface area (Å²) in [7, 11) is 0. The first-order valence-electron chi connectivity index (χ1n) is 7.54. The van der Waals surface area contributed by atoms with Gasteiger partial charge in [0.15, 0.2) is 0 Å². The second kappa shape index (κ2) is 7.79. The van der Waals surface area contributed by atoms with Crippen LogP contribution in [0.25, 0.3) is 0 Å². The molecule has 2 N–H and O–H groups in total. The van der Waals surface area contributed by atoms with E-state index >= 15 is 0 Å². The van der Waals surface area contributed by atoms with E-state index in [1.807, 2.05) is 31.2 Å². The predicted octanol–water partition coefficient (Wildman–Crippen LogP) is 0.903. The average molecular weight is 306 g/mol. The van der Waals surface area contributed by atoms with E-state index in [1.165, 1.54) is 0 Å². The fraction of sp³-hybridized carbons (Fsp3) is 0.500. The fourth-order valence-electron chi connectivity index (χ4n) is 2.58. The van der Waals surface area contributed by atoms with Gasteiger partial charge in [-0.05, 0) is 24.6 Å². The third-order valence-electron chi connectivity index (χ3n) is 3.51. The van der Waals surface area contributed by atoms with Crippen molar-refractivity contribution in [2.24, 2.45) is 0 Å². The molecule has 0 saturated carbocycles. The lowest BCUT2D eigenvalue weighted by Gasteiger charge is -2.19. The molecular weight excluding hydrogens is 284 g/mol. The monoisotopic (exact) mass is 306 g/mol. The number of amides is 1. The number of aliphatic carboxylic acids is 1. The van der Waals surface area contributed by atoms with E-state index in [0.29, 0.717) is 13.1 Å². The van der Waals surface area contributed by atoms with E-state index in [4.69, 9.17) is 9.84 Å². The summed E-state index contributed by atoms with van der Waals surface area (Å²) in [4.78, 5) is 24.3. The number of hydrogen-bond donors (Lipinski definition) is 2. The van der Waals surface area contributed by atoms with Gasteiger partial charge in [-0.1, -0.05) is 25.1 Å². The minimum absolute atomic E-state index is 0.0551. The minimum Gasteiger partial charge on any atom is -0.488 e. The maximum Gasteiger partial charge on any atom is 0.317 e. The number of nitrogens with one attached hydrogen (secondary N) is 1. The number of rotatable bonds is 8. The third-order valence-corrected chi connectivity index (χ3v) is 3.51. The highest BCUT2D eigenvalue weighted by Crippen LogP contribution is 2.27. The quantitative estimate of drug-likeness (QED) is 0.746. The molecule has 0 spiro atoms. The first kappa shape index (κ1) is 16.3.